The standard InChI is InChI=1S/C19H20O4/c1-15-7-5-10-17(12-11-15)19(21)23-14-6-13-22-18(20)16-8-3-2-4-9-16/h2-5,7-12,15H,6,13-14H2,1H3. The molecule has 0 spiro atoms. The summed E-state index contributed by atoms with van der Waals surface area (Å²) in [5.74, 6) is -0.436. The van der Waals surface area contributed by atoms with E-state index in [9.17, 15) is 9.59 Å². The molecular weight excluding hydrogens is 292 g/mol. The molecule has 0 saturated carbocycles. The van der Waals surface area contributed by atoms with Crippen molar-refractivity contribution in [3.05, 3.63) is 71.8 Å². The first-order valence-electron chi connectivity index (χ1n) is 7.63. The summed E-state index contributed by atoms with van der Waals surface area (Å²) in [7, 11) is 0. The summed E-state index contributed by atoms with van der Waals surface area (Å²) < 4.78 is 10.3. The Morgan fingerprint density at radius 2 is 1.70 bits per heavy atom. The summed E-state index contributed by atoms with van der Waals surface area (Å²) in [5.41, 5.74) is 1.03. The second kappa shape index (κ2) is 8.73. The van der Waals surface area contributed by atoms with Crippen LogP contribution in [0.25, 0.3) is 0 Å². The fourth-order valence-corrected chi connectivity index (χ4v) is 1.98. The van der Waals surface area contributed by atoms with Crippen molar-refractivity contribution in [1.82, 2.24) is 0 Å². The van der Waals surface area contributed by atoms with Crippen molar-refractivity contribution < 1.29 is 19.1 Å². The zero-order valence-corrected chi connectivity index (χ0v) is 13.1. The molecule has 0 heterocycles. The molecule has 0 aliphatic heterocycles. The van der Waals surface area contributed by atoms with Gasteiger partial charge in [-0.1, -0.05) is 49.4 Å². The van der Waals surface area contributed by atoms with E-state index in [1.54, 1.807) is 36.4 Å². The Labute approximate surface area is 136 Å². The summed E-state index contributed by atoms with van der Waals surface area (Å²) in [4.78, 5) is 23.6. The van der Waals surface area contributed by atoms with Crippen molar-refractivity contribution in [2.45, 2.75) is 13.3 Å². The number of rotatable bonds is 6. The quantitative estimate of drug-likeness (QED) is 0.596. The Bertz CT molecular complexity index is 626. The molecule has 1 atom stereocenters. The molecule has 23 heavy (non-hydrogen) atoms. The molecule has 0 saturated heterocycles. The third kappa shape index (κ3) is 5.58. The van der Waals surface area contributed by atoms with Crippen molar-refractivity contribution in [3.8, 4) is 0 Å². The first-order chi connectivity index (χ1) is 11.2. The SMILES string of the molecule is CC1C=CC=C(C(=O)OCCCOC(=O)c2ccccc2)C=C1. The predicted octanol–water partition coefficient (Wildman–Crippen LogP) is 3.47. The number of carbonyl (C=O) groups excluding carboxylic acids is 2. The molecule has 0 bridgehead atoms. The molecule has 2 rings (SSSR count). The topological polar surface area (TPSA) is 52.6 Å². The van der Waals surface area contributed by atoms with E-state index in [2.05, 4.69) is 0 Å². The number of esters is 2. The Hall–Kier alpha value is -2.62. The average Bonchev–Trinajstić information content (AvgIpc) is 2.79. The highest BCUT2D eigenvalue weighted by Crippen LogP contribution is 2.11. The summed E-state index contributed by atoms with van der Waals surface area (Å²) >= 11 is 0. The smallest absolute Gasteiger partial charge is 0.338 e. The van der Waals surface area contributed by atoms with Gasteiger partial charge in [0.1, 0.15) is 0 Å². The Balaban J connectivity index is 1.67. The van der Waals surface area contributed by atoms with Gasteiger partial charge in [-0.15, -0.1) is 0 Å². The molecule has 1 unspecified atom stereocenters. The third-order valence-corrected chi connectivity index (χ3v) is 3.27. The second-order valence-corrected chi connectivity index (χ2v) is 5.22. The zero-order chi connectivity index (χ0) is 16.5. The minimum Gasteiger partial charge on any atom is -0.462 e. The first kappa shape index (κ1) is 16.7. The Kier molecular flexibility index (Phi) is 6.36. The van der Waals surface area contributed by atoms with Crippen molar-refractivity contribution >= 4 is 11.9 Å². The Morgan fingerprint density at radius 1 is 1.00 bits per heavy atom. The van der Waals surface area contributed by atoms with Crippen LogP contribution in [0, 0.1) is 5.92 Å². The van der Waals surface area contributed by atoms with Crippen molar-refractivity contribution in [3.63, 3.8) is 0 Å². The largest absolute Gasteiger partial charge is 0.462 e. The van der Waals surface area contributed by atoms with Crippen LogP contribution in [0.5, 0.6) is 0 Å². The summed E-state index contributed by atoms with van der Waals surface area (Å²) in [6.45, 7) is 2.47. The van der Waals surface area contributed by atoms with E-state index in [4.69, 9.17) is 9.47 Å². The lowest BCUT2D eigenvalue weighted by atomic mass is 10.1. The van der Waals surface area contributed by atoms with Gasteiger partial charge in [0, 0.05) is 6.42 Å². The van der Waals surface area contributed by atoms with Crippen LogP contribution in [-0.4, -0.2) is 25.2 Å². The van der Waals surface area contributed by atoms with Gasteiger partial charge >= 0.3 is 11.9 Å². The average molecular weight is 312 g/mol. The Morgan fingerprint density at radius 3 is 2.43 bits per heavy atom. The molecule has 120 valence electrons. The van der Waals surface area contributed by atoms with E-state index < -0.39 is 0 Å². The highest BCUT2D eigenvalue weighted by molar-refractivity contribution is 5.92. The van der Waals surface area contributed by atoms with Gasteiger partial charge in [0.15, 0.2) is 0 Å². The number of carbonyl (C=O) groups is 2. The number of hydrogen-bond acceptors (Lipinski definition) is 4. The van der Waals surface area contributed by atoms with Crippen LogP contribution in [0.2, 0.25) is 0 Å². The van der Waals surface area contributed by atoms with Gasteiger partial charge in [0.05, 0.1) is 24.4 Å². The van der Waals surface area contributed by atoms with Gasteiger partial charge in [-0.25, -0.2) is 9.59 Å². The molecule has 1 aromatic carbocycles. The molecule has 1 aliphatic carbocycles. The van der Waals surface area contributed by atoms with Gasteiger partial charge in [-0.2, -0.15) is 0 Å². The lowest BCUT2D eigenvalue weighted by Gasteiger charge is -2.06. The molecule has 4 nitrogen and oxygen atoms in total. The van der Waals surface area contributed by atoms with Gasteiger partial charge in [0.25, 0.3) is 0 Å². The van der Waals surface area contributed by atoms with Crippen molar-refractivity contribution in [2.24, 2.45) is 5.92 Å². The van der Waals surface area contributed by atoms with Crippen LogP contribution >= 0.6 is 0 Å². The van der Waals surface area contributed by atoms with Crippen LogP contribution in [0.3, 0.4) is 0 Å². The summed E-state index contributed by atoms with van der Waals surface area (Å²) in [6, 6.07) is 8.79. The van der Waals surface area contributed by atoms with E-state index in [-0.39, 0.29) is 25.2 Å². The molecule has 0 fully saturated rings. The van der Waals surface area contributed by atoms with Crippen molar-refractivity contribution in [1.29, 1.82) is 0 Å². The highest BCUT2D eigenvalue weighted by Gasteiger charge is 2.10. The zero-order valence-electron chi connectivity index (χ0n) is 13.1. The minimum atomic E-state index is -0.370. The maximum absolute atomic E-state index is 11.9. The van der Waals surface area contributed by atoms with E-state index in [1.807, 2.05) is 31.2 Å². The predicted molar refractivity (Wildman–Crippen MR) is 87.8 cm³/mol. The van der Waals surface area contributed by atoms with E-state index in [0.717, 1.165) is 0 Å². The molecule has 0 amide bonds. The van der Waals surface area contributed by atoms with E-state index >= 15 is 0 Å². The van der Waals surface area contributed by atoms with Crippen LogP contribution < -0.4 is 0 Å². The van der Waals surface area contributed by atoms with E-state index in [1.165, 1.54) is 0 Å². The van der Waals surface area contributed by atoms with Crippen LogP contribution in [0.15, 0.2) is 66.3 Å². The third-order valence-electron chi connectivity index (χ3n) is 3.27. The van der Waals surface area contributed by atoms with Crippen molar-refractivity contribution in [2.75, 3.05) is 13.2 Å². The van der Waals surface area contributed by atoms with Gasteiger partial charge in [0.2, 0.25) is 0 Å². The minimum absolute atomic E-state index is 0.214. The second-order valence-electron chi connectivity index (χ2n) is 5.22. The first-order valence-corrected chi connectivity index (χ1v) is 7.63. The van der Waals surface area contributed by atoms with Crippen LogP contribution in [0.4, 0.5) is 0 Å². The normalized spacial score (nSPS) is 16.4. The number of ether oxygens (including phenoxy) is 2. The maximum Gasteiger partial charge on any atom is 0.338 e. The monoisotopic (exact) mass is 312 g/mol. The highest BCUT2D eigenvalue weighted by atomic mass is 16.5. The molecule has 0 N–H and O–H groups in total. The molecular formula is C19H20O4. The molecule has 1 aromatic rings. The molecule has 1 aliphatic rings. The fourth-order valence-electron chi connectivity index (χ4n) is 1.98. The molecule has 0 aromatic heterocycles. The lowest BCUT2D eigenvalue weighted by Crippen LogP contribution is -2.11. The fraction of sp³-hybridized carbons (Fsp3) is 0.263. The molecule has 4 heteroatoms. The van der Waals surface area contributed by atoms with E-state index in [0.29, 0.717) is 23.5 Å². The van der Waals surface area contributed by atoms with Crippen LogP contribution in [0.1, 0.15) is 23.7 Å². The lowest BCUT2D eigenvalue weighted by molar-refractivity contribution is -0.138. The number of hydrogen-bond donors (Lipinski definition) is 0. The molecule has 0 radical (unpaired) electrons. The number of benzene rings is 1. The number of allylic oxidation sites excluding steroid dienone is 4. The van der Waals surface area contributed by atoms with Gasteiger partial charge in [-0.3, -0.25) is 0 Å². The summed E-state index contributed by atoms with van der Waals surface area (Å²) in [5, 5.41) is 0. The maximum atomic E-state index is 11.9. The summed E-state index contributed by atoms with van der Waals surface area (Å²) in [6.07, 6.45) is 9.76. The van der Waals surface area contributed by atoms with Gasteiger partial charge < -0.3 is 9.47 Å². The van der Waals surface area contributed by atoms with Crippen LogP contribution in [-0.2, 0) is 14.3 Å². The van der Waals surface area contributed by atoms with Gasteiger partial charge in [-0.05, 0) is 24.1 Å².